The molecule has 3 fully saturated rings. The van der Waals surface area contributed by atoms with E-state index in [4.69, 9.17) is 24.7 Å². The lowest BCUT2D eigenvalue weighted by Gasteiger charge is -2.31. The number of hydrogen-bond donors (Lipinski definition) is 3. The quantitative estimate of drug-likeness (QED) is 0.335. The summed E-state index contributed by atoms with van der Waals surface area (Å²) in [6, 6.07) is 14.5. The van der Waals surface area contributed by atoms with Crippen LogP contribution in [0.4, 0.5) is 10.5 Å². The molecule has 12 heteroatoms. The van der Waals surface area contributed by atoms with Crippen molar-refractivity contribution in [3.63, 3.8) is 0 Å². The van der Waals surface area contributed by atoms with Crippen LogP contribution >= 0.6 is 0 Å². The molecular weight excluding hydrogens is 550 g/mol. The van der Waals surface area contributed by atoms with Crippen LogP contribution in [0.3, 0.4) is 0 Å². The summed E-state index contributed by atoms with van der Waals surface area (Å²) < 4.78 is 51.4. The van der Waals surface area contributed by atoms with E-state index < -0.39 is 40.7 Å². The second-order valence-electron chi connectivity index (χ2n) is 11.4. The van der Waals surface area contributed by atoms with E-state index in [-0.39, 0.29) is 54.9 Å². The fraction of sp³-hybridized carbons (Fsp3) is 0.552. The van der Waals surface area contributed by atoms with Crippen molar-refractivity contribution in [2.75, 3.05) is 38.6 Å². The van der Waals surface area contributed by atoms with Crippen molar-refractivity contribution in [3.05, 3.63) is 60.2 Å². The maximum Gasteiger partial charge on any atom is 0.407 e. The number of alkyl carbamates (subject to hydrolysis) is 1. The van der Waals surface area contributed by atoms with Crippen LogP contribution in [0, 0.1) is 17.8 Å². The van der Waals surface area contributed by atoms with Gasteiger partial charge >= 0.3 is 6.09 Å². The Labute approximate surface area is 240 Å². The smallest absolute Gasteiger partial charge is 0.407 e. The van der Waals surface area contributed by atoms with Crippen LogP contribution in [0.15, 0.2) is 59.5 Å². The third-order valence-corrected chi connectivity index (χ3v) is 9.69. The number of anilines is 1. The minimum Gasteiger partial charge on any atom is -0.443 e. The van der Waals surface area contributed by atoms with Crippen LogP contribution < -0.4 is 11.1 Å². The minimum absolute atomic E-state index is 0.0106. The molecule has 3 heterocycles. The number of nitrogens with two attached hydrogens (primary N) is 1. The molecule has 0 bridgehead atoms. The number of benzene rings is 2. The molecule has 0 spiro atoms. The number of hydrogen-bond acceptors (Lipinski definition) is 9. The number of nitrogens with one attached hydrogen (secondary N) is 1. The van der Waals surface area contributed by atoms with E-state index in [2.05, 4.69) is 5.32 Å². The normalized spacial score (nSPS) is 27.0. The van der Waals surface area contributed by atoms with Gasteiger partial charge in [-0.25, -0.2) is 13.2 Å². The molecule has 3 aliphatic heterocycles. The molecule has 0 radical (unpaired) electrons. The Hall–Kier alpha value is -2.74. The third kappa shape index (κ3) is 6.85. The maximum atomic E-state index is 13.6. The zero-order chi connectivity index (χ0) is 29.1. The molecule has 4 N–H and O–H groups in total. The van der Waals surface area contributed by atoms with Gasteiger partial charge in [-0.1, -0.05) is 44.2 Å². The van der Waals surface area contributed by atoms with Gasteiger partial charge in [-0.15, -0.1) is 0 Å². The standard InChI is InChI=1S/C29H39N3O8S/c1-18(2)13-32(41(35,36)21-10-8-20(30)9-11-21)14-24(33)23(12-19-6-4-3-5-7-19)31-29(34)40-26-17-38-28-27(26)22-15-37-16-25(22)39-28/h3-11,18,22-28,33H,12-17,30H2,1-2H3,(H,31,34)/t22-,23-,24+,25+,26-,27-,28-/m0/s1. The molecule has 0 aliphatic carbocycles. The first-order valence-corrected chi connectivity index (χ1v) is 15.5. The highest BCUT2D eigenvalue weighted by atomic mass is 32.2. The molecule has 2 aromatic rings. The van der Waals surface area contributed by atoms with Crippen molar-refractivity contribution < 1.29 is 37.3 Å². The molecule has 7 atom stereocenters. The van der Waals surface area contributed by atoms with E-state index in [9.17, 15) is 18.3 Å². The first-order chi connectivity index (χ1) is 19.6. The monoisotopic (exact) mass is 589 g/mol. The Kier molecular flexibility index (Phi) is 9.17. The van der Waals surface area contributed by atoms with E-state index in [0.29, 0.717) is 18.9 Å². The largest absolute Gasteiger partial charge is 0.443 e. The molecular formula is C29H39N3O8S. The lowest BCUT2D eigenvalue weighted by atomic mass is 9.89. The van der Waals surface area contributed by atoms with Crippen LogP contribution in [0.25, 0.3) is 0 Å². The number of fused-ring (bicyclic) bond motifs is 3. The summed E-state index contributed by atoms with van der Waals surface area (Å²) in [4.78, 5) is 13.3. The molecule has 3 aliphatic rings. The van der Waals surface area contributed by atoms with Gasteiger partial charge in [0.25, 0.3) is 0 Å². The third-order valence-electron chi connectivity index (χ3n) is 7.84. The molecule has 0 saturated carbocycles. The second-order valence-corrected chi connectivity index (χ2v) is 13.3. The average Bonchev–Trinajstić information content (AvgIpc) is 3.62. The van der Waals surface area contributed by atoms with Gasteiger partial charge in [0.1, 0.15) is 6.10 Å². The van der Waals surface area contributed by atoms with Crippen LogP contribution in [0.1, 0.15) is 19.4 Å². The number of aliphatic hydroxyl groups excluding tert-OH is 1. The first-order valence-electron chi connectivity index (χ1n) is 14.0. The Balaban J connectivity index is 1.31. The Bertz CT molecular complexity index is 1280. The molecule has 41 heavy (non-hydrogen) atoms. The number of amides is 1. The molecule has 5 rings (SSSR count). The summed E-state index contributed by atoms with van der Waals surface area (Å²) >= 11 is 0. The van der Waals surface area contributed by atoms with Gasteiger partial charge in [0.15, 0.2) is 6.29 Å². The molecule has 0 aromatic heterocycles. The molecule has 1 amide bonds. The van der Waals surface area contributed by atoms with Crippen molar-refractivity contribution in [2.45, 2.75) is 55.8 Å². The van der Waals surface area contributed by atoms with E-state index in [1.165, 1.54) is 28.6 Å². The zero-order valence-electron chi connectivity index (χ0n) is 23.3. The Morgan fingerprint density at radius 1 is 1.10 bits per heavy atom. The highest BCUT2D eigenvalue weighted by molar-refractivity contribution is 7.89. The van der Waals surface area contributed by atoms with Crippen molar-refractivity contribution in [2.24, 2.45) is 17.8 Å². The van der Waals surface area contributed by atoms with Crippen LogP contribution in [0.2, 0.25) is 0 Å². The average molecular weight is 590 g/mol. The number of carbonyl (C=O) groups is 1. The van der Waals surface area contributed by atoms with Crippen LogP contribution in [-0.2, 0) is 35.4 Å². The van der Waals surface area contributed by atoms with Gasteiger partial charge in [0, 0.05) is 24.7 Å². The van der Waals surface area contributed by atoms with E-state index in [1.54, 1.807) is 0 Å². The fourth-order valence-electron chi connectivity index (χ4n) is 5.81. The summed E-state index contributed by atoms with van der Waals surface area (Å²) in [6.07, 6.45) is -2.70. The zero-order valence-corrected chi connectivity index (χ0v) is 24.1. The highest BCUT2D eigenvalue weighted by Crippen LogP contribution is 2.43. The lowest BCUT2D eigenvalue weighted by Crippen LogP contribution is -2.52. The first kappa shape index (κ1) is 29.7. The van der Waals surface area contributed by atoms with Crippen molar-refractivity contribution in [1.82, 2.24) is 9.62 Å². The molecule has 11 nitrogen and oxygen atoms in total. The van der Waals surface area contributed by atoms with Gasteiger partial charge in [-0.3, -0.25) is 0 Å². The number of aliphatic hydroxyl groups is 1. The van der Waals surface area contributed by atoms with Crippen molar-refractivity contribution in [3.8, 4) is 0 Å². The predicted molar refractivity (Wildman–Crippen MR) is 150 cm³/mol. The molecule has 3 saturated heterocycles. The summed E-state index contributed by atoms with van der Waals surface area (Å²) in [6.45, 7) is 4.99. The van der Waals surface area contributed by atoms with Gasteiger partial charge < -0.3 is 35.1 Å². The minimum atomic E-state index is -3.95. The fourth-order valence-corrected chi connectivity index (χ4v) is 7.43. The van der Waals surface area contributed by atoms with E-state index in [1.807, 2.05) is 44.2 Å². The van der Waals surface area contributed by atoms with Gasteiger partial charge in [-0.05, 0) is 42.2 Å². The van der Waals surface area contributed by atoms with Crippen LogP contribution in [0.5, 0.6) is 0 Å². The summed E-state index contributed by atoms with van der Waals surface area (Å²) in [5, 5.41) is 14.2. The van der Waals surface area contributed by atoms with E-state index in [0.717, 1.165) is 5.56 Å². The second kappa shape index (κ2) is 12.6. The van der Waals surface area contributed by atoms with Crippen molar-refractivity contribution in [1.29, 1.82) is 0 Å². The van der Waals surface area contributed by atoms with E-state index >= 15 is 0 Å². The number of rotatable bonds is 11. The summed E-state index contributed by atoms with van der Waals surface area (Å²) in [5.41, 5.74) is 7.07. The molecule has 2 aromatic carbocycles. The van der Waals surface area contributed by atoms with Gasteiger partial charge in [0.2, 0.25) is 10.0 Å². The van der Waals surface area contributed by atoms with Gasteiger partial charge in [-0.2, -0.15) is 4.31 Å². The van der Waals surface area contributed by atoms with Gasteiger partial charge in [0.05, 0.1) is 48.9 Å². The molecule has 224 valence electrons. The SMILES string of the molecule is CC(C)CN(C[C@@H](O)[C@H](Cc1ccccc1)NC(=O)O[C@H]1CO[C@H]2O[C@@H]3COC[C@@H]3[C@H]21)S(=O)(=O)c1ccc(N)cc1. The number of sulfonamides is 1. The predicted octanol–water partition coefficient (Wildman–Crippen LogP) is 2.00. The number of nitrogen functional groups attached to an aromatic ring is 1. The number of ether oxygens (including phenoxy) is 4. The van der Waals surface area contributed by atoms with Crippen molar-refractivity contribution >= 4 is 21.8 Å². The van der Waals surface area contributed by atoms with Crippen LogP contribution in [-0.4, -0.2) is 87.5 Å². The maximum absolute atomic E-state index is 13.6. The molecule has 0 unspecified atom stereocenters. The summed E-state index contributed by atoms with van der Waals surface area (Å²) in [5.74, 6) is -0.0462. The Morgan fingerprint density at radius 2 is 1.83 bits per heavy atom. The highest BCUT2D eigenvalue weighted by Gasteiger charge is 2.56. The number of carbonyl (C=O) groups excluding carboxylic acids is 1. The summed E-state index contributed by atoms with van der Waals surface area (Å²) in [7, 11) is -3.95. The topological polar surface area (TPSA) is 150 Å². The number of nitrogens with zero attached hydrogens (tertiary/aromatic N) is 1. The Morgan fingerprint density at radius 3 is 2.54 bits per heavy atom. The lowest BCUT2D eigenvalue weighted by molar-refractivity contribution is -0.123.